The highest BCUT2D eigenvalue weighted by molar-refractivity contribution is 6.36. The summed E-state index contributed by atoms with van der Waals surface area (Å²) in [6, 6.07) is 8.59. The number of nitrogens with two attached hydrogens (primary N) is 1. The van der Waals surface area contributed by atoms with Crippen molar-refractivity contribution in [2.45, 2.75) is 70.1 Å². The Morgan fingerprint density at radius 3 is 2.59 bits per heavy atom. The number of aromatic nitrogens is 3. The van der Waals surface area contributed by atoms with Gasteiger partial charge in [0.25, 0.3) is 11.8 Å². The van der Waals surface area contributed by atoms with Gasteiger partial charge in [0, 0.05) is 91.5 Å². The van der Waals surface area contributed by atoms with Gasteiger partial charge in [0.2, 0.25) is 17.7 Å². The summed E-state index contributed by atoms with van der Waals surface area (Å²) < 4.78 is 27.9. The fourth-order valence-electron chi connectivity index (χ4n) is 8.81. The molecule has 4 aromatic rings. The normalized spacial score (nSPS) is 18.8. The number of anilines is 2. The molecule has 3 saturated heterocycles. The van der Waals surface area contributed by atoms with Crippen LogP contribution in [-0.4, -0.2) is 118 Å². The second kappa shape index (κ2) is 19.6. The Bertz CT molecular complexity index is 2440. The van der Waals surface area contributed by atoms with E-state index in [2.05, 4.69) is 25.6 Å². The Kier molecular flexibility index (Phi) is 13.8. The van der Waals surface area contributed by atoms with Crippen molar-refractivity contribution in [1.82, 2.24) is 34.8 Å². The molecule has 4 aliphatic heterocycles. The molecule has 2 atom stereocenters. The number of rotatable bonds is 17. The molecule has 0 spiro atoms. The van der Waals surface area contributed by atoms with Crippen molar-refractivity contribution in [2.75, 3.05) is 63.5 Å². The van der Waals surface area contributed by atoms with Crippen molar-refractivity contribution in [3.8, 4) is 16.9 Å². The number of fused-ring (bicyclic) bond motifs is 1. The first kappa shape index (κ1) is 45.0. The van der Waals surface area contributed by atoms with Gasteiger partial charge >= 0.3 is 0 Å². The van der Waals surface area contributed by atoms with Crippen LogP contribution in [0.1, 0.15) is 90.3 Å². The van der Waals surface area contributed by atoms with Crippen molar-refractivity contribution in [2.24, 2.45) is 5.92 Å². The van der Waals surface area contributed by atoms with E-state index in [0.29, 0.717) is 49.2 Å². The highest BCUT2D eigenvalue weighted by atomic mass is 35.5. The fourth-order valence-corrected chi connectivity index (χ4v) is 9.49. The lowest BCUT2D eigenvalue weighted by Gasteiger charge is -2.39. The topological polar surface area (TPSA) is 194 Å². The van der Waals surface area contributed by atoms with Gasteiger partial charge in [-0.1, -0.05) is 29.3 Å². The predicted molar refractivity (Wildman–Crippen MR) is 236 cm³/mol. The van der Waals surface area contributed by atoms with Crippen LogP contribution in [0.4, 0.5) is 15.9 Å². The molecule has 64 heavy (non-hydrogen) atoms. The van der Waals surface area contributed by atoms with E-state index < -0.39 is 41.6 Å². The van der Waals surface area contributed by atoms with Crippen LogP contribution in [0.5, 0.6) is 5.75 Å². The number of nitrogen functional groups attached to an aromatic ring is 1. The molecule has 6 heterocycles. The zero-order valence-electron chi connectivity index (χ0n) is 35.4. The molecule has 2 aromatic carbocycles. The van der Waals surface area contributed by atoms with Crippen molar-refractivity contribution in [3.63, 3.8) is 0 Å². The maximum absolute atomic E-state index is 14.2. The highest BCUT2D eigenvalue weighted by Gasteiger charge is 2.45. The van der Waals surface area contributed by atoms with E-state index in [1.54, 1.807) is 43.6 Å². The maximum atomic E-state index is 14.2. The van der Waals surface area contributed by atoms with Gasteiger partial charge in [0.05, 0.1) is 28.4 Å². The molecule has 16 nitrogen and oxygen atoms in total. The van der Waals surface area contributed by atoms with Crippen molar-refractivity contribution >= 4 is 64.2 Å². The van der Waals surface area contributed by atoms with E-state index in [4.69, 9.17) is 38.4 Å². The molecule has 19 heteroatoms. The Morgan fingerprint density at radius 2 is 1.81 bits per heavy atom. The number of imide groups is 2. The van der Waals surface area contributed by atoms with Crippen LogP contribution < -0.4 is 21.1 Å². The predicted octanol–water partition coefficient (Wildman–Crippen LogP) is 5.91. The number of pyridine rings is 1. The number of hydrogen-bond acceptors (Lipinski definition) is 12. The summed E-state index contributed by atoms with van der Waals surface area (Å²) in [6.07, 6.45) is 9.19. The standard InChI is InChI=1S/C45H50Cl2FN9O7/c1-26(39-32(46)8-9-33(48)41(39)47)64-36-18-28(20-51-42(36)49)29-21-52-56(24-29)30-12-15-55(16-13-30)38(59)25-63-17-4-2-3-14-54-22-27(23-54)19-50-34-7-5-6-31-40(34)45(62)57(44(31)61)35-10-11-37(58)53-43(35)60/h5-9,18,20-21,24,26-27,30,35,50H,2-4,10-17,19,22-23,25H2,1H3,(H2,49,51)(H,53,58,60)/t26-,35?/m0/s1. The third kappa shape index (κ3) is 9.72. The second-order valence-corrected chi connectivity index (χ2v) is 17.5. The molecule has 8 rings (SSSR count). The average Bonchev–Trinajstić information content (AvgIpc) is 3.86. The number of hydrogen-bond donors (Lipinski definition) is 3. The molecular weight excluding hydrogens is 868 g/mol. The van der Waals surface area contributed by atoms with Gasteiger partial charge in [-0.25, -0.2) is 9.37 Å². The molecule has 5 amide bonds. The number of benzene rings is 2. The number of ether oxygens (including phenoxy) is 2. The Hall–Kier alpha value is -5.62. The Balaban J connectivity index is 0.695. The largest absolute Gasteiger partial charge is 0.482 e. The summed E-state index contributed by atoms with van der Waals surface area (Å²) in [6.45, 7) is 6.94. The number of nitrogens with one attached hydrogen (secondary N) is 2. The number of amides is 5. The van der Waals surface area contributed by atoms with Crippen molar-refractivity contribution < 1.29 is 37.8 Å². The van der Waals surface area contributed by atoms with Crippen LogP contribution in [0, 0.1) is 11.7 Å². The van der Waals surface area contributed by atoms with E-state index in [9.17, 15) is 28.4 Å². The number of carbonyl (C=O) groups is 5. The molecule has 1 unspecified atom stereocenters. The zero-order chi connectivity index (χ0) is 45.1. The van der Waals surface area contributed by atoms with E-state index in [1.165, 1.54) is 12.1 Å². The molecule has 4 N–H and O–H groups in total. The van der Waals surface area contributed by atoms with Crippen LogP contribution in [0.3, 0.4) is 0 Å². The van der Waals surface area contributed by atoms with Crippen LogP contribution in [0.25, 0.3) is 11.1 Å². The third-order valence-electron chi connectivity index (χ3n) is 12.4. The minimum Gasteiger partial charge on any atom is -0.482 e. The molecule has 0 aliphatic carbocycles. The van der Waals surface area contributed by atoms with Crippen molar-refractivity contribution in [3.05, 3.63) is 87.5 Å². The van der Waals surface area contributed by atoms with Crippen LogP contribution in [0.2, 0.25) is 10.0 Å². The first-order valence-electron chi connectivity index (χ1n) is 21.6. The Morgan fingerprint density at radius 1 is 1.02 bits per heavy atom. The summed E-state index contributed by atoms with van der Waals surface area (Å²) in [5.41, 5.74) is 9.10. The number of carbonyl (C=O) groups excluding carboxylic acids is 5. The molecular formula is C45H50Cl2FN9O7. The lowest BCUT2D eigenvalue weighted by atomic mass is 9.99. The summed E-state index contributed by atoms with van der Waals surface area (Å²) in [5.74, 6) is -1.83. The highest BCUT2D eigenvalue weighted by Crippen LogP contribution is 2.38. The van der Waals surface area contributed by atoms with Gasteiger partial charge in [0.15, 0.2) is 11.6 Å². The van der Waals surface area contributed by atoms with Crippen LogP contribution in [-0.2, 0) is 19.1 Å². The number of likely N-dealkylation sites (tertiary alicyclic amines) is 2. The van der Waals surface area contributed by atoms with Crippen LogP contribution in [0.15, 0.2) is 55.0 Å². The summed E-state index contributed by atoms with van der Waals surface area (Å²) in [5, 5.41) is 10.4. The first-order valence-corrected chi connectivity index (χ1v) is 22.4. The molecule has 0 saturated carbocycles. The zero-order valence-corrected chi connectivity index (χ0v) is 36.9. The first-order chi connectivity index (χ1) is 30.9. The lowest BCUT2D eigenvalue weighted by Crippen LogP contribution is -2.54. The second-order valence-electron chi connectivity index (χ2n) is 16.7. The summed E-state index contributed by atoms with van der Waals surface area (Å²) in [4.78, 5) is 73.0. The maximum Gasteiger partial charge on any atom is 0.264 e. The van der Waals surface area contributed by atoms with Gasteiger partial charge in [-0.3, -0.25) is 38.9 Å². The van der Waals surface area contributed by atoms with E-state index in [-0.39, 0.29) is 58.4 Å². The number of nitrogens with zero attached hydrogens (tertiary/aromatic N) is 6. The smallest absolute Gasteiger partial charge is 0.264 e. The van der Waals surface area contributed by atoms with Gasteiger partial charge in [0.1, 0.15) is 24.6 Å². The lowest BCUT2D eigenvalue weighted by molar-refractivity contribution is -0.138. The van der Waals surface area contributed by atoms with E-state index in [1.807, 2.05) is 15.8 Å². The molecule has 0 bridgehead atoms. The monoisotopic (exact) mass is 917 g/mol. The summed E-state index contributed by atoms with van der Waals surface area (Å²) in [7, 11) is 0. The number of unbranched alkanes of at least 4 members (excludes halogenated alkanes) is 2. The van der Waals surface area contributed by atoms with E-state index in [0.717, 1.165) is 67.8 Å². The molecule has 4 aliphatic rings. The van der Waals surface area contributed by atoms with Gasteiger partial charge in [-0.2, -0.15) is 5.10 Å². The number of piperidine rings is 2. The van der Waals surface area contributed by atoms with Crippen LogP contribution >= 0.6 is 23.2 Å². The van der Waals surface area contributed by atoms with Gasteiger partial charge in [-0.05, 0) is 82.3 Å². The van der Waals surface area contributed by atoms with Gasteiger partial charge in [-0.15, -0.1) is 0 Å². The van der Waals surface area contributed by atoms with Gasteiger partial charge < -0.3 is 30.3 Å². The molecule has 0 radical (unpaired) electrons. The summed E-state index contributed by atoms with van der Waals surface area (Å²) >= 11 is 12.5. The minimum absolute atomic E-state index is 0.0154. The fraction of sp³-hybridized carbons (Fsp3) is 0.444. The number of halogens is 3. The molecule has 338 valence electrons. The van der Waals surface area contributed by atoms with E-state index >= 15 is 0 Å². The molecule has 2 aromatic heterocycles. The van der Waals surface area contributed by atoms with Crippen molar-refractivity contribution in [1.29, 1.82) is 0 Å². The minimum atomic E-state index is -0.997. The third-order valence-corrected chi connectivity index (χ3v) is 13.1. The SMILES string of the molecule is C[C@H](Oc1cc(-c2cnn(C3CCN(C(=O)COCCCCCN4CC(CNc5cccc6c5C(=O)N(C5CCC(=O)NC5=O)C6=O)C4)CC3)c2)cnc1N)c1c(Cl)ccc(F)c1Cl. The Labute approximate surface area is 379 Å². The quantitative estimate of drug-likeness (QED) is 0.0646. The average molecular weight is 919 g/mol. The molecule has 3 fully saturated rings.